The molecule has 2 aromatic carbocycles. The molecule has 1 unspecified atom stereocenters. The Hall–Kier alpha value is -2.62. The van der Waals surface area contributed by atoms with Crippen LogP contribution in [-0.4, -0.2) is 15.5 Å². The van der Waals surface area contributed by atoms with Crippen LogP contribution in [0.3, 0.4) is 0 Å². The van der Waals surface area contributed by atoms with Gasteiger partial charge < -0.3 is 10.3 Å². The van der Waals surface area contributed by atoms with E-state index in [2.05, 4.69) is 47.7 Å². The summed E-state index contributed by atoms with van der Waals surface area (Å²) in [5.74, 6) is -0.423. The van der Waals surface area contributed by atoms with Crippen molar-refractivity contribution in [3.8, 4) is 0 Å². The van der Waals surface area contributed by atoms with Crippen LogP contribution in [0.4, 0.5) is 0 Å². The van der Waals surface area contributed by atoms with E-state index in [9.17, 15) is 4.79 Å². The van der Waals surface area contributed by atoms with Crippen molar-refractivity contribution < 1.29 is 4.79 Å². The fourth-order valence-corrected chi connectivity index (χ4v) is 2.49. The van der Waals surface area contributed by atoms with Gasteiger partial charge in [-0.2, -0.15) is 0 Å². The molecule has 3 rings (SSSR count). The third-order valence-corrected chi connectivity index (χ3v) is 3.84. The van der Waals surface area contributed by atoms with E-state index in [4.69, 9.17) is 5.73 Å². The second kappa shape index (κ2) is 5.05. The number of hydrogen-bond donors (Lipinski definition) is 1. The van der Waals surface area contributed by atoms with E-state index in [1.165, 1.54) is 11.1 Å². The number of nitrogens with two attached hydrogens (primary N) is 1. The van der Waals surface area contributed by atoms with Gasteiger partial charge in [0.15, 0.2) is 0 Å². The zero-order chi connectivity index (χ0) is 15.0. The molecule has 0 aliphatic rings. The maximum absolute atomic E-state index is 11.3. The molecule has 0 aliphatic heterocycles. The van der Waals surface area contributed by atoms with Gasteiger partial charge in [-0.1, -0.05) is 29.8 Å². The van der Waals surface area contributed by atoms with E-state index in [0.717, 1.165) is 11.0 Å². The number of carbonyl (C=O) groups is 1. The van der Waals surface area contributed by atoms with Gasteiger partial charge in [-0.25, -0.2) is 4.98 Å². The fourth-order valence-electron chi connectivity index (χ4n) is 2.49. The van der Waals surface area contributed by atoms with Gasteiger partial charge in [0.1, 0.15) is 0 Å². The van der Waals surface area contributed by atoms with E-state index in [0.29, 0.717) is 5.56 Å². The third kappa shape index (κ3) is 2.40. The van der Waals surface area contributed by atoms with Crippen molar-refractivity contribution in [1.29, 1.82) is 0 Å². The summed E-state index contributed by atoms with van der Waals surface area (Å²) in [6.45, 7) is 4.18. The Morgan fingerprint density at radius 2 is 1.90 bits per heavy atom. The number of benzene rings is 2. The fraction of sp³-hybridized carbons (Fsp3) is 0.176. The van der Waals surface area contributed by atoms with Gasteiger partial charge in [0.05, 0.1) is 23.4 Å². The number of carbonyl (C=O) groups excluding carboxylic acids is 1. The van der Waals surface area contributed by atoms with Crippen molar-refractivity contribution in [1.82, 2.24) is 9.55 Å². The summed E-state index contributed by atoms with van der Waals surface area (Å²) >= 11 is 0. The molecule has 1 aromatic heterocycles. The molecule has 4 nitrogen and oxygen atoms in total. The van der Waals surface area contributed by atoms with Crippen molar-refractivity contribution in [2.24, 2.45) is 5.73 Å². The number of imidazole rings is 1. The molecule has 0 spiro atoms. The lowest BCUT2D eigenvalue weighted by molar-refractivity contribution is 0.100. The Labute approximate surface area is 123 Å². The van der Waals surface area contributed by atoms with Crippen LogP contribution < -0.4 is 5.73 Å². The average Bonchev–Trinajstić information content (AvgIpc) is 2.90. The maximum atomic E-state index is 11.3. The summed E-state index contributed by atoms with van der Waals surface area (Å²) < 4.78 is 2.06. The van der Waals surface area contributed by atoms with Crippen molar-refractivity contribution in [3.05, 3.63) is 65.5 Å². The largest absolute Gasteiger partial charge is 0.366 e. The van der Waals surface area contributed by atoms with E-state index in [1.807, 2.05) is 6.07 Å². The summed E-state index contributed by atoms with van der Waals surface area (Å²) in [7, 11) is 0. The standard InChI is InChI=1S/C17H17N3O/c1-11-3-5-13(6-4-11)12(2)20-10-19-15-8-7-14(17(18)21)9-16(15)20/h3-10,12H,1-2H3,(H2,18,21). The van der Waals surface area contributed by atoms with Crippen LogP contribution in [0.5, 0.6) is 0 Å². The number of aryl methyl sites for hydroxylation is 1. The number of nitrogens with zero attached hydrogens (tertiary/aromatic N) is 2. The van der Waals surface area contributed by atoms with E-state index in [1.54, 1.807) is 18.5 Å². The first-order chi connectivity index (χ1) is 10.1. The number of fused-ring (bicyclic) bond motifs is 1. The molecule has 21 heavy (non-hydrogen) atoms. The van der Waals surface area contributed by atoms with Gasteiger partial charge in [-0.3, -0.25) is 4.79 Å². The predicted molar refractivity (Wildman–Crippen MR) is 83.2 cm³/mol. The van der Waals surface area contributed by atoms with Crippen molar-refractivity contribution in [3.63, 3.8) is 0 Å². The summed E-state index contributed by atoms with van der Waals surface area (Å²) in [5, 5.41) is 0. The Bertz CT molecular complexity index is 803. The topological polar surface area (TPSA) is 60.9 Å². The molecule has 0 fully saturated rings. The summed E-state index contributed by atoms with van der Waals surface area (Å²) in [4.78, 5) is 15.7. The number of aromatic nitrogens is 2. The molecule has 2 N–H and O–H groups in total. The van der Waals surface area contributed by atoms with Crippen LogP contribution in [0.1, 0.15) is 34.5 Å². The van der Waals surface area contributed by atoms with Crippen molar-refractivity contribution >= 4 is 16.9 Å². The maximum Gasteiger partial charge on any atom is 0.248 e. The second-order valence-electron chi connectivity index (χ2n) is 5.31. The molecule has 0 radical (unpaired) electrons. The Kier molecular flexibility index (Phi) is 3.22. The summed E-state index contributed by atoms with van der Waals surface area (Å²) in [6.07, 6.45) is 1.81. The SMILES string of the molecule is Cc1ccc(C(C)n2cnc3ccc(C(N)=O)cc32)cc1. The number of rotatable bonds is 3. The predicted octanol–water partition coefficient (Wildman–Crippen LogP) is 3.05. The molecule has 0 bridgehead atoms. The molecule has 106 valence electrons. The van der Waals surface area contributed by atoms with Crippen LogP contribution in [0.25, 0.3) is 11.0 Å². The smallest absolute Gasteiger partial charge is 0.248 e. The van der Waals surface area contributed by atoms with Gasteiger partial charge in [0.25, 0.3) is 0 Å². The molecule has 1 heterocycles. The van der Waals surface area contributed by atoms with E-state index < -0.39 is 5.91 Å². The van der Waals surface area contributed by atoms with Crippen LogP contribution >= 0.6 is 0 Å². The first kappa shape index (κ1) is 13.4. The first-order valence-corrected chi connectivity index (χ1v) is 6.89. The minimum Gasteiger partial charge on any atom is -0.366 e. The first-order valence-electron chi connectivity index (χ1n) is 6.89. The lowest BCUT2D eigenvalue weighted by atomic mass is 10.1. The van der Waals surface area contributed by atoms with Gasteiger partial charge in [-0.15, -0.1) is 0 Å². The van der Waals surface area contributed by atoms with Crippen LogP contribution in [0, 0.1) is 6.92 Å². The van der Waals surface area contributed by atoms with E-state index in [-0.39, 0.29) is 6.04 Å². The van der Waals surface area contributed by atoms with Gasteiger partial charge >= 0.3 is 0 Å². The zero-order valence-corrected chi connectivity index (χ0v) is 12.1. The minimum atomic E-state index is -0.423. The third-order valence-electron chi connectivity index (χ3n) is 3.84. The highest BCUT2D eigenvalue weighted by atomic mass is 16.1. The highest BCUT2D eigenvalue weighted by Gasteiger charge is 2.13. The van der Waals surface area contributed by atoms with Gasteiger partial charge in [-0.05, 0) is 37.6 Å². The summed E-state index contributed by atoms with van der Waals surface area (Å²) in [5.41, 5.74) is 10.1. The molecule has 0 saturated heterocycles. The molecular weight excluding hydrogens is 262 g/mol. The molecule has 4 heteroatoms. The Morgan fingerprint density at radius 1 is 1.19 bits per heavy atom. The van der Waals surface area contributed by atoms with Crippen molar-refractivity contribution in [2.75, 3.05) is 0 Å². The monoisotopic (exact) mass is 279 g/mol. The highest BCUT2D eigenvalue weighted by Crippen LogP contribution is 2.24. The Balaban J connectivity index is 2.09. The van der Waals surface area contributed by atoms with E-state index >= 15 is 0 Å². The molecular formula is C17H17N3O. The molecule has 1 atom stereocenters. The quantitative estimate of drug-likeness (QED) is 0.801. The average molecular weight is 279 g/mol. The second-order valence-corrected chi connectivity index (χ2v) is 5.31. The lowest BCUT2D eigenvalue weighted by Gasteiger charge is -2.15. The Morgan fingerprint density at radius 3 is 2.57 bits per heavy atom. The van der Waals surface area contributed by atoms with Gasteiger partial charge in [0, 0.05) is 5.56 Å². The van der Waals surface area contributed by atoms with Crippen molar-refractivity contribution in [2.45, 2.75) is 19.9 Å². The summed E-state index contributed by atoms with van der Waals surface area (Å²) in [6, 6.07) is 13.9. The highest BCUT2D eigenvalue weighted by molar-refractivity contribution is 5.96. The molecule has 0 aliphatic carbocycles. The number of amides is 1. The van der Waals surface area contributed by atoms with Crippen LogP contribution in [-0.2, 0) is 0 Å². The molecule has 0 saturated carbocycles. The normalized spacial score (nSPS) is 12.5. The number of primary amides is 1. The van der Waals surface area contributed by atoms with Crippen LogP contribution in [0.15, 0.2) is 48.8 Å². The zero-order valence-electron chi connectivity index (χ0n) is 12.1. The lowest BCUT2D eigenvalue weighted by Crippen LogP contribution is -2.11. The number of hydrogen-bond acceptors (Lipinski definition) is 2. The molecule has 1 amide bonds. The molecule has 3 aromatic rings. The van der Waals surface area contributed by atoms with Crippen LogP contribution in [0.2, 0.25) is 0 Å². The van der Waals surface area contributed by atoms with Gasteiger partial charge in [0.2, 0.25) is 5.91 Å². The minimum absolute atomic E-state index is 0.138.